The lowest BCUT2D eigenvalue weighted by Crippen LogP contribution is -2.45. The quantitative estimate of drug-likeness (QED) is 0.484. The van der Waals surface area contributed by atoms with Gasteiger partial charge in [-0.25, -0.2) is 4.79 Å². The molecule has 1 atom stereocenters. The third kappa shape index (κ3) is 5.56. The minimum atomic E-state index is -1.07. The Morgan fingerprint density at radius 1 is 1.00 bits per heavy atom. The average Bonchev–Trinajstić information content (AvgIpc) is 3.33. The molecule has 0 radical (unpaired) electrons. The summed E-state index contributed by atoms with van der Waals surface area (Å²) in [4.78, 5) is 27.0. The molecule has 0 fully saturated rings. The zero-order chi connectivity index (χ0) is 23.9. The van der Waals surface area contributed by atoms with E-state index in [2.05, 4.69) is 0 Å². The molecule has 4 rings (SSSR count). The fraction of sp³-hybridized carbons (Fsp3) is 0.185. The van der Waals surface area contributed by atoms with E-state index in [1.54, 1.807) is 37.5 Å². The highest BCUT2D eigenvalue weighted by molar-refractivity contribution is 5.94. The molecule has 7 nitrogen and oxygen atoms in total. The van der Waals surface area contributed by atoms with Crippen molar-refractivity contribution in [3.63, 3.8) is 0 Å². The van der Waals surface area contributed by atoms with E-state index < -0.39 is 17.9 Å². The van der Waals surface area contributed by atoms with E-state index in [4.69, 9.17) is 14.2 Å². The van der Waals surface area contributed by atoms with Crippen LogP contribution in [-0.2, 0) is 22.6 Å². The van der Waals surface area contributed by atoms with Gasteiger partial charge in [0.1, 0.15) is 11.8 Å². The summed E-state index contributed by atoms with van der Waals surface area (Å²) in [5.74, 6) is 0.470. The van der Waals surface area contributed by atoms with Gasteiger partial charge in [0.05, 0.1) is 7.11 Å². The van der Waals surface area contributed by atoms with Gasteiger partial charge in [-0.05, 0) is 47.0 Å². The standard InChI is InChI=1S/C27H25NO6/c1-32-22-11-7-21(8-12-22)17-28(23(27(30)31)15-19-5-3-2-4-6-19)26(29)14-10-20-9-13-24-25(16-20)34-18-33-24/h2-14,16,23H,15,17-18H2,1H3,(H,30,31)/b14-10+. The molecule has 1 heterocycles. The van der Waals surface area contributed by atoms with Crippen molar-refractivity contribution < 1.29 is 28.9 Å². The van der Waals surface area contributed by atoms with Crippen LogP contribution in [0.1, 0.15) is 16.7 Å². The molecule has 0 aliphatic carbocycles. The zero-order valence-electron chi connectivity index (χ0n) is 18.7. The first kappa shape index (κ1) is 22.9. The van der Waals surface area contributed by atoms with E-state index in [0.717, 1.165) is 16.7 Å². The average molecular weight is 459 g/mol. The van der Waals surface area contributed by atoms with Crippen LogP contribution in [0.2, 0.25) is 0 Å². The third-order valence-corrected chi connectivity index (χ3v) is 5.54. The van der Waals surface area contributed by atoms with E-state index in [0.29, 0.717) is 17.2 Å². The predicted octanol–water partition coefficient (Wildman–Crippen LogP) is 4.16. The van der Waals surface area contributed by atoms with Crippen molar-refractivity contribution in [3.05, 3.63) is 95.6 Å². The minimum Gasteiger partial charge on any atom is -0.497 e. The highest BCUT2D eigenvalue weighted by Crippen LogP contribution is 2.32. The molecule has 0 saturated carbocycles. The molecular weight excluding hydrogens is 434 g/mol. The number of rotatable bonds is 9. The normalized spacial score (nSPS) is 13.0. The van der Waals surface area contributed by atoms with Crippen molar-refractivity contribution in [3.8, 4) is 17.2 Å². The second-order valence-corrected chi connectivity index (χ2v) is 7.80. The zero-order valence-corrected chi connectivity index (χ0v) is 18.7. The van der Waals surface area contributed by atoms with Gasteiger partial charge in [-0.1, -0.05) is 48.5 Å². The molecule has 174 valence electrons. The summed E-state index contributed by atoms with van der Waals surface area (Å²) in [6.07, 6.45) is 3.23. The van der Waals surface area contributed by atoms with Crippen LogP contribution in [0.3, 0.4) is 0 Å². The number of carbonyl (C=O) groups excluding carboxylic acids is 1. The van der Waals surface area contributed by atoms with Crippen LogP contribution in [0.5, 0.6) is 17.2 Å². The molecule has 1 aliphatic rings. The van der Waals surface area contributed by atoms with Crippen LogP contribution < -0.4 is 14.2 Å². The molecule has 0 bridgehead atoms. The molecule has 7 heteroatoms. The van der Waals surface area contributed by atoms with E-state index in [1.165, 1.54) is 11.0 Å². The molecule has 0 aromatic heterocycles. The van der Waals surface area contributed by atoms with Gasteiger partial charge in [-0.2, -0.15) is 0 Å². The Bertz CT molecular complexity index is 1170. The summed E-state index contributed by atoms with van der Waals surface area (Å²) in [5.41, 5.74) is 2.38. The van der Waals surface area contributed by atoms with Crippen LogP contribution >= 0.6 is 0 Å². The fourth-order valence-corrected chi connectivity index (χ4v) is 3.72. The summed E-state index contributed by atoms with van der Waals surface area (Å²) in [6.45, 7) is 0.301. The van der Waals surface area contributed by atoms with E-state index >= 15 is 0 Å². The SMILES string of the molecule is COc1ccc(CN(C(=O)/C=C/c2ccc3c(c2)OCO3)C(Cc2ccccc2)C(=O)O)cc1. The van der Waals surface area contributed by atoms with Gasteiger partial charge in [-0.3, -0.25) is 4.79 Å². The molecular formula is C27H25NO6. The van der Waals surface area contributed by atoms with Crippen LogP contribution in [0.15, 0.2) is 78.9 Å². The summed E-state index contributed by atoms with van der Waals surface area (Å²) < 4.78 is 15.9. The van der Waals surface area contributed by atoms with Crippen molar-refractivity contribution in [1.29, 1.82) is 0 Å². The number of methoxy groups -OCH3 is 1. The highest BCUT2D eigenvalue weighted by Gasteiger charge is 2.29. The van der Waals surface area contributed by atoms with Gasteiger partial charge in [0.25, 0.3) is 0 Å². The van der Waals surface area contributed by atoms with Gasteiger partial charge < -0.3 is 24.2 Å². The van der Waals surface area contributed by atoms with Crippen molar-refractivity contribution >= 4 is 18.0 Å². The molecule has 1 amide bonds. The molecule has 1 N–H and O–H groups in total. The smallest absolute Gasteiger partial charge is 0.326 e. The van der Waals surface area contributed by atoms with Crippen LogP contribution in [-0.4, -0.2) is 41.8 Å². The number of carboxylic acids is 1. The molecule has 3 aromatic carbocycles. The maximum absolute atomic E-state index is 13.3. The fourth-order valence-electron chi connectivity index (χ4n) is 3.72. The number of nitrogens with zero attached hydrogens (tertiary/aromatic N) is 1. The maximum atomic E-state index is 13.3. The Labute approximate surface area is 197 Å². The molecule has 34 heavy (non-hydrogen) atoms. The van der Waals surface area contributed by atoms with E-state index in [9.17, 15) is 14.7 Å². The van der Waals surface area contributed by atoms with Gasteiger partial charge in [0.15, 0.2) is 11.5 Å². The molecule has 0 spiro atoms. The van der Waals surface area contributed by atoms with Gasteiger partial charge >= 0.3 is 5.97 Å². The number of hydrogen-bond donors (Lipinski definition) is 1. The number of carbonyl (C=O) groups is 2. The number of carboxylic acid groups (broad SMARTS) is 1. The van der Waals surface area contributed by atoms with Gasteiger partial charge in [0.2, 0.25) is 12.7 Å². The summed E-state index contributed by atoms with van der Waals surface area (Å²) in [5, 5.41) is 10.0. The first-order valence-electron chi connectivity index (χ1n) is 10.8. The second kappa shape index (κ2) is 10.6. The summed E-state index contributed by atoms with van der Waals surface area (Å²) >= 11 is 0. The van der Waals surface area contributed by atoms with E-state index in [-0.39, 0.29) is 19.8 Å². The van der Waals surface area contributed by atoms with Crippen molar-refractivity contribution in [1.82, 2.24) is 4.90 Å². The highest BCUT2D eigenvalue weighted by atomic mass is 16.7. The Morgan fingerprint density at radius 2 is 1.74 bits per heavy atom. The third-order valence-electron chi connectivity index (χ3n) is 5.54. The monoisotopic (exact) mass is 459 g/mol. The summed E-state index contributed by atoms with van der Waals surface area (Å²) in [7, 11) is 1.58. The lowest BCUT2D eigenvalue weighted by atomic mass is 10.0. The molecule has 0 saturated heterocycles. The first-order chi connectivity index (χ1) is 16.5. The number of ether oxygens (including phenoxy) is 3. The Kier molecular flexibility index (Phi) is 7.13. The Morgan fingerprint density at radius 3 is 2.44 bits per heavy atom. The topological polar surface area (TPSA) is 85.3 Å². The van der Waals surface area contributed by atoms with Crippen molar-refractivity contribution in [2.75, 3.05) is 13.9 Å². The number of amides is 1. The molecule has 1 aliphatic heterocycles. The molecule has 3 aromatic rings. The summed E-state index contributed by atoms with van der Waals surface area (Å²) in [6, 6.07) is 20.8. The number of hydrogen-bond acceptors (Lipinski definition) is 5. The number of aliphatic carboxylic acids is 1. The lowest BCUT2D eigenvalue weighted by Gasteiger charge is -2.28. The number of fused-ring (bicyclic) bond motifs is 1. The largest absolute Gasteiger partial charge is 0.497 e. The second-order valence-electron chi connectivity index (χ2n) is 7.80. The Balaban J connectivity index is 1.60. The minimum absolute atomic E-state index is 0.137. The maximum Gasteiger partial charge on any atom is 0.326 e. The van der Waals surface area contributed by atoms with Crippen molar-refractivity contribution in [2.45, 2.75) is 19.0 Å². The number of benzene rings is 3. The van der Waals surface area contributed by atoms with E-state index in [1.807, 2.05) is 48.5 Å². The first-order valence-corrected chi connectivity index (χ1v) is 10.8. The van der Waals surface area contributed by atoms with Gasteiger partial charge in [-0.15, -0.1) is 0 Å². The van der Waals surface area contributed by atoms with Crippen LogP contribution in [0.4, 0.5) is 0 Å². The lowest BCUT2D eigenvalue weighted by molar-refractivity contribution is -0.148. The Hall–Kier alpha value is -4.26. The van der Waals surface area contributed by atoms with Crippen LogP contribution in [0, 0.1) is 0 Å². The van der Waals surface area contributed by atoms with Crippen LogP contribution in [0.25, 0.3) is 6.08 Å². The predicted molar refractivity (Wildman–Crippen MR) is 127 cm³/mol. The molecule has 1 unspecified atom stereocenters. The van der Waals surface area contributed by atoms with Crippen molar-refractivity contribution in [2.24, 2.45) is 0 Å². The van der Waals surface area contributed by atoms with Gasteiger partial charge in [0, 0.05) is 19.0 Å².